The first-order chi connectivity index (χ1) is 16.8. The summed E-state index contributed by atoms with van der Waals surface area (Å²) in [5, 5.41) is 15.6. The van der Waals surface area contributed by atoms with Crippen molar-refractivity contribution in [2.75, 3.05) is 19.7 Å². The lowest BCUT2D eigenvalue weighted by Gasteiger charge is -2.48. The molecule has 3 fully saturated rings. The summed E-state index contributed by atoms with van der Waals surface area (Å²) in [6.07, 6.45) is 8.21. The first-order valence-corrected chi connectivity index (χ1v) is 12.4. The van der Waals surface area contributed by atoms with Crippen LogP contribution in [0.2, 0.25) is 0 Å². The van der Waals surface area contributed by atoms with Gasteiger partial charge in [0.2, 0.25) is 0 Å². The minimum atomic E-state index is -1.26. The summed E-state index contributed by atoms with van der Waals surface area (Å²) in [6.45, 7) is 4.02. The van der Waals surface area contributed by atoms with Crippen LogP contribution >= 0.6 is 0 Å². The molecule has 190 valence electrons. The van der Waals surface area contributed by atoms with Gasteiger partial charge >= 0.3 is 17.9 Å². The predicted octanol–water partition coefficient (Wildman–Crippen LogP) is 3.44. The molecular weight excluding hydrogens is 450 g/mol. The van der Waals surface area contributed by atoms with Crippen LogP contribution in [0.1, 0.15) is 57.4 Å². The Bertz CT molecular complexity index is 918. The van der Waals surface area contributed by atoms with Gasteiger partial charge < -0.3 is 14.9 Å². The number of carboxylic acid groups (broad SMARTS) is 2. The Balaban J connectivity index is 0.000000371. The van der Waals surface area contributed by atoms with Crippen LogP contribution in [0.3, 0.4) is 0 Å². The quantitative estimate of drug-likeness (QED) is 0.464. The van der Waals surface area contributed by atoms with Crippen molar-refractivity contribution in [3.63, 3.8) is 0 Å². The molecule has 3 aliphatic rings. The Kier molecular flexibility index (Phi) is 9.20. The number of hydrogen-bond donors (Lipinski definition) is 2. The molecule has 0 radical (unpaired) electrons. The van der Waals surface area contributed by atoms with Crippen LogP contribution in [0, 0.1) is 11.8 Å². The van der Waals surface area contributed by atoms with Crippen LogP contribution in [0.5, 0.6) is 0 Å². The molecule has 2 bridgehead atoms. The number of fused-ring (bicyclic) bond motifs is 2. The van der Waals surface area contributed by atoms with Gasteiger partial charge in [-0.2, -0.15) is 0 Å². The maximum atomic E-state index is 12.9. The van der Waals surface area contributed by atoms with Gasteiger partial charge in [-0.1, -0.05) is 36.8 Å². The van der Waals surface area contributed by atoms with Crippen molar-refractivity contribution in [1.82, 2.24) is 4.90 Å². The van der Waals surface area contributed by atoms with Gasteiger partial charge in [-0.05, 0) is 64.1 Å². The first-order valence-electron chi connectivity index (χ1n) is 12.4. The smallest absolute Gasteiger partial charge is 0.328 e. The predicted molar refractivity (Wildman–Crippen MR) is 129 cm³/mol. The number of likely N-dealkylation sites (tertiary alicyclic amines) is 1. The molecule has 8 heteroatoms. The van der Waals surface area contributed by atoms with E-state index in [9.17, 15) is 19.2 Å². The standard InChI is InChI=1S/C23H31NO3.C4H4O4/c1-2-27-22(26)23(18-8-4-3-5-9-18)13-15-24(16-14-23)20-12-11-17-7-6-10-19(20)21(17)25;5-3(6)1-2-4(7)8/h3-5,8-9,17,19-20H,2,6-7,10-16H2,1H3;1-2H,(H,5,6)(H,7,8)/b;2-1+. The molecule has 0 spiro atoms. The Morgan fingerprint density at radius 1 is 1.00 bits per heavy atom. The second kappa shape index (κ2) is 12.1. The first kappa shape index (κ1) is 26.6. The van der Waals surface area contributed by atoms with Crippen LogP contribution in [0.4, 0.5) is 0 Å². The van der Waals surface area contributed by atoms with E-state index in [0.717, 1.165) is 57.2 Å². The molecule has 8 nitrogen and oxygen atoms in total. The van der Waals surface area contributed by atoms with Gasteiger partial charge in [0.15, 0.2) is 0 Å². The average molecular weight is 486 g/mol. The summed E-state index contributed by atoms with van der Waals surface area (Å²) < 4.78 is 5.49. The third-order valence-electron chi connectivity index (χ3n) is 7.59. The second-order valence-electron chi connectivity index (χ2n) is 9.50. The van der Waals surface area contributed by atoms with Crippen molar-refractivity contribution in [2.24, 2.45) is 11.8 Å². The number of Topliss-reactive ketones (excluding diaryl/α,β-unsaturated/α-hetero) is 1. The number of esters is 1. The summed E-state index contributed by atoms with van der Waals surface area (Å²) in [6, 6.07) is 10.5. The van der Waals surface area contributed by atoms with Crippen molar-refractivity contribution < 1.29 is 34.1 Å². The van der Waals surface area contributed by atoms with Crippen molar-refractivity contribution in [1.29, 1.82) is 0 Å². The van der Waals surface area contributed by atoms with Crippen LogP contribution in [-0.4, -0.2) is 64.5 Å². The zero-order valence-corrected chi connectivity index (χ0v) is 20.2. The zero-order valence-electron chi connectivity index (χ0n) is 20.2. The van der Waals surface area contributed by atoms with Gasteiger partial charge in [0.05, 0.1) is 12.0 Å². The molecule has 2 N–H and O–H groups in total. The van der Waals surface area contributed by atoms with Crippen LogP contribution in [0.25, 0.3) is 0 Å². The molecule has 3 atom stereocenters. The summed E-state index contributed by atoms with van der Waals surface area (Å²) in [5.74, 6) is -1.53. The Morgan fingerprint density at radius 2 is 1.63 bits per heavy atom. The number of rotatable bonds is 6. The summed E-state index contributed by atoms with van der Waals surface area (Å²) >= 11 is 0. The second-order valence-corrected chi connectivity index (χ2v) is 9.50. The fourth-order valence-electron chi connectivity index (χ4n) is 5.87. The molecule has 0 aromatic heterocycles. The number of carboxylic acids is 2. The minimum absolute atomic E-state index is 0.0895. The number of aliphatic carboxylic acids is 2. The van der Waals surface area contributed by atoms with Crippen LogP contribution in [-0.2, 0) is 29.3 Å². The summed E-state index contributed by atoms with van der Waals surface area (Å²) in [4.78, 5) is 47.2. The van der Waals surface area contributed by atoms with E-state index in [-0.39, 0.29) is 11.9 Å². The monoisotopic (exact) mass is 485 g/mol. The Morgan fingerprint density at radius 3 is 2.20 bits per heavy atom. The van der Waals surface area contributed by atoms with Crippen molar-refractivity contribution in [3.05, 3.63) is 48.0 Å². The molecule has 35 heavy (non-hydrogen) atoms. The van der Waals surface area contributed by atoms with E-state index < -0.39 is 17.4 Å². The van der Waals surface area contributed by atoms with E-state index in [2.05, 4.69) is 17.0 Å². The third kappa shape index (κ3) is 6.36. The minimum Gasteiger partial charge on any atom is -0.478 e. The van der Waals surface area contributed by atoms with E-state index in [1.54, 1.807) is 0 Å². The van der Waals surface area contributed by atoms with Crippen molar-refractivity contribution in [2.45, 2.75) is 63.3 Å². The van der Waals surface area contributed by atoms with Crippen molar-refractivity contribution in [3.8, 4) is 0 Å². The highest BCUT2D eigenvalue weighted by molar-refractivity contribution is 5.89. The van der Waals surface area contributed by atoms with Crippen LogP contribution in [0.15, 0.2) is 42.5 Å². The number of carbonyl (C=O) groups is 4. The highest BCUT2D eigenvalue weighted by Crippen LogP contribution is 2.43. The molecule has 4 rings (SSSR count). The molecule has 2 aliphatic carbocycles. The molecule has 1 aromatic carbocycles. The lowest BCUT2D eigenvalue weighted by Crippen LogP contribution is -2.56. The fraction of sp³-hybridized carbons (Fsp3) is 0.556. The molecular formula is C27H35NO7. The number of benzene rings is 1. The molecule has 1 saturated heterocycles. The third-order valence-corrected chi connectivity index (χ3v) is 7.59. The number of hydrogen-bond acceptors (Lipinski definition) is 6. The number of carbonyl (C=O) groups excluding carboxylic acids is 2. The summed E-state index contributed by atoms with van der Waals surface area (Å²) in [5.41, 5.74) is 0.530. The largest absolute Gasteiger partial charge is 0.478 e. The number of nitrogens with zero attached hydrogens (tertiary/aromatic N) is 1. The summed E-state index contributed by atoms with van der Waals surface area (Å²) in [7, 11) is 0. The number of piperidine rings is 1. The van der Waals surface area contributed by atoms with Gasteiger partial charge in [0.1, 0.15) is 5.78 Å². The Hall–Kier alpha value is -3.00. The Labute approximate surface area is 206 Å². The van der Waals surface area contributed by atoms with Crippen LogP contribution < -0.4 is 0 Å². The van der Waals surface area contributed by atoms with E-state index >= 15 is 0 Å². The lowest BCUT2D eigenvalue weighted by atomic mass is 9.67. The molecule has 1 heterocycles. The lowest BCUT2D eigenvalue weighted by molar-refractivity contribution is -0.153. The van der Waals surface area contributed by atoms with Gasteiger partial charge in [-0.3, -0.25) is 14.5 Å². The number of ether oxygens (including phenoxy) is 1. The topological polar surface area (TPSA) is 121 Å². The number of ketones is 1. The molecule has 1 aromatic rings. The molecule has 0 amide bonds. The van der Waals surface area contributed by atoms with E-state index in [1.165, 1.54) is 6.42 Å². The fourth-order valence-corrected chi connectivity index (χ4v) is 5.87. The van der Waals surface area contributed by atoms with E-state index in [0.29, 0.717) is 36.5 Å². The maximum Gasteiger partial charge on any atom is 0.328 e. The van der Waals surface area contributed by atoms with Gasteiger partial charge in [-0.25, -0.2) is 9.59 Å². The van der Waals surface area contributed by atoms with E-state index in [4.69, 9.17) is 14.9 Å². The SMILES string of the molecule is CCOC(=O)C1(c2ccccc2)CCN(C2CCC3CCCC2C3=O)CC1.O=C(O)/C=C/C(=O)O. The highest BCUT2D eigenvalue weighted by atomic mass is 16.5. The molecule has 3 unspecified atom stereocenters. The van der Waals surface area contributed by atoms with Gasteiger partial charge in [0.25, 0.3) is 0 Å². The molecule has 1 aliphatic heterocycles. The van der Waals surface area contributed by atoms with Gasteiger partial charge in [-0.15, -0.1) is 0 Å². The highest BCUT2D eigenvalue weighted by Gasteiger charge is 2.48. The average Bonchev–Trinajstić information content (AvgIpc) is 2.84. The maximum absolute atomic E-state index is 12.9. The van der Waals surface area contributed by atoms with E-state index in [1.807, 2.05) is 25.1 Å². The zero-order chi connectivity index (χ0) is 25.4. The van der Waals surface area contributed by atoms with Crippen molar-refractivity contribution >= 4 is 23.7 Å². The van der Waals surface area contributed by atoms with Gasteiger partial charge in [0, 0.05) is 30.0 Å². The molecule has 2 saturated carbocycles. The normalized spacial score (nSPS) is 25.9.